The van der Waals surface area contributed by atoms with E-state index in [1.165, 1.54) is 11.1 Å². The Labute approximate surface area is 216 Å². The normalized spacial score (nSPS) is 23.8. The number of likely N-dealkylation sites (tertiary alicyclic amines) is 1. The van der Waals surface area contributed by atoms with Crippen LogP contribution >= 0.6 is 0 Å². The van der Waals surface area contributed by atoms with Crippen LogP contribution in [0.5, 0.6) is 0 Å². The van der Waals surface area contributed by atoms with Gasteiger partial charge in [-0.25, -0.2) is 4.99 Å². The van der Waals surface area contributed by atoms with E-state index in [9.17, 15) is 4.79 Å². The molecule has 0 aromatic heterocycles. The molecule has 1 amide bonds. The number of oxime groups is 1. The predicted molar refractivity (Wildman–Crippen MR) is 145 cm³/mol. The number of amides is 1. The summed E-state index contributed by atoms with van der Waals surface area (Å²) in [5.74, 6) is 2.26. The lowest BCUT2D eigenvalue weighted by atomic mass is 9.85. The highest BCUT2D eigenvalue weighted by Crippen LogP contribution is 2.31. The van der Waals surface area contributed by atoms with Crippen LogP contribution in [0.4, 0.5) is 0 Å². The molecule has 7 nitrogen and oxygen atoms in total. The molecule has 1 N–H and O–H groups in total. The molecule has 1 heterocycles. The number of allylic oxidation sites excluding steroid dienone is 7. The van der Waals surface area contributed by atoms with Crippen molar-refractivity contribution < 1.29 is 14.4 Å². The predicted octanol–water partition coefficient (Wildman–Crippen LogP) is 5.13. The van der Waals surface area contributed by atoms with Crippen LogP contribution in [0.15, 0.2) is 57.4 Å². The molecule has 4 aliphatic rings. The number of carbonyl (C=O) groups is 1. The zero-order valence-electron chi connectivity index (χ0n) is 22.1. The minimum Gasteiger partial charge on any atom is -0.497 e. The van der Waals surface area contributed by atoms with Crippen molar-refractivity contribution in [3.8, 4) is 0 Å². The fraction of sp³-hybridized carbons (Fsp3) is 0.621. The van der Waals surface area contributed by atoms with Gasteiger partial charge in [0.05, 0.1) is 12.4 Å². The van der Waals surface area contributed by atoms with Crippen molar-refractivity contribution in [1.29, 1.82) is 0 Å². The SMILES string of the molecule is C/N=C(\O/N=C/C(C)C)N1CCC(COC2=CC=C(C3=CCC(C(=O)NC4CC4)CC3)C=CC2)CC1. The standard InChI is InChI=1S/C29H42N4O3/c1-21(2)19-31-36-29(30-3)33-17-15-22(16-18-33)20-35-27-6-4-5-23(11-14-27)24-7-9-25(10-8-24)28(34)32-26-12-13-26/h4-5,7,11,14,19,21-22,25-26H,6,8-10,12-13,15-18,20H2,1-3H3,(H,32,34)/b30-29-,31-19+. The van der Waals surface area contributed by atoms with Crippen molar-refractivity contribution in [2.75, 3.05) is 26.7 Å². The van der Waals surface area contributed by atoms with Crippen molar-refractivity contribution >= 4 is 18.1 Å². The highest BCUT2D eigenvalue weighted by atomic mass is 16.6. The largest absolute Gasteiger partial charge is 0.497 e. The Morgan fingerprint density at radius 2 is 2.00 bits per heavy atom. The highest BCUT2D eigenvalue weighted by Gasteiger charge is 2.28. The van der Waals surface area contributed by atoms with Gasteiger partial charge in [-0.1, -0.05) is 43.3 Å². The van der Waals surface area contributed by atoms with E-state index in [4.69, 9.17) is 9.57 Å². The van der Waals surface area contributed by atoms with Gasteiger partial charge in [0.2, 0.25) is 5.91 Å². The van der Waals surface area contributed by atoms with E-state index in [0.717, 1.165) is 76.8 Å². The first-order valence-corrected chi connectivity index (χ1v) is 13.6. The molecule has 1 saturated carbocycles. The molecule has 1 atom stereocenters. The second kappa shape index (κ2) is 12.9. The monoisotopic (exact) mass is 494 g/mol. The molecule has 3 aliphatic carbocycles. The molecule has 7 heteroatoms. The third-order valence-corrected chi connectivity index (χ3v) is 7.22. The third kappa shape index (κ3) is 7.84. The number of ether oxygens (including phenoxy) is 1. The lowest BCUT2D eigenvalue weighted by Crippen LogP contribution is -2.40. The van der Waals surface area contributed by atoms with Crippen LogP contribution < -0.4 is 5.32 Å². The minimum absolute atomic E-state index is 0.129. The molecule has 2 fully saturated rings. The van der Waals surface area contributed by atoms with Gasteiger partial charge in [0, 0.05) is 44.7 Å². The van der Waals surface area contributed by atoms with E-state index in [1.807, 2.05) is 0 Å². The van der Waals surface area contributed by atoms with Gasteiger partial charge in [-0.05, 0) is 74.0 Å². The number of carbonyl (C=O) groups excluding carboxylic acids is 1. The van der Waals surface area contributed by atoms with Crippen LogP contribution in [0.2, 0.25) is 0 Å². The van der Waals surface area contributed by atoms with Crippen molar-refractivity contribution in [1.82, 2.24) is 10.2 Å². The smallest absolute Gasteiger partial charge is 0.317 e. The van der Waals surface area contributed by atoms with Crippen molar-refractivity contribution in [2.45, 2.75) is 71.3 Å². The van der Waals surface area contributed by atoms with Crippen LogP contribution in [0.3, 0.4) is 0 Å². The summed E-state index contributed by atoms with van der Waals surface area (Å²) >= 11 is 0. The summed E-state index contributed by atoms with van der Waals surface area (Å²) in [5.41, 5.74) is 2.59. The van der Waals surface area contributed by atoms with Crippen LogP contribution in [-0.2, 0) is 14.4 Å². The van der Waals surface area contributed by atoms with E-state index in [0.29, 0.717) is 23.9 Å². The first-order chi connectivity index (χ1) is 17.5. The van der Waals surface area contributed by atoms with E-state index in [-0.39, 0.29) is 11.8 Å². The van der Waals surface area contributed by atoms with Gasteiger partial charge < -0.3 is 19.8 Å². The summed E-state index contributed by atoms with van der Waals surface area (Å²) in [6.45, 7) is 6.67. The maximum absolute atomic E-state index is 12.3. The second-order valence-corrected chi connectivity index (χ2v) is 10.7. The number of nitrogens with zero attached hydrogens (tertiary/aromatic N) is 3. The first-order valence-electron chi connectivity index (χ1n) is 13.6. The fourth-order valence-electron chi connectivity index (χ4n) is 4.77. The number of hydrogen-bond acceptors (Lipinski definition) is 5. The zero-order chi connectivity index (χ0) is 25.3. The van der Waals surface area contributed by atoms with Crippen LogP contribution in [-0.4, -0.2) is 55.8 Å². The molecular weight excluding hydrogens is 452 g/mol. The van der Waals surface area contributed by atoms with Gasteiger partial charge in [0.1, 0.15) is 0 Å². The molecule has 1 aliphatic heterocycles. The molecule has 1 saturated heterocycles. The van der Waals surface area contributed by atoms with E-state index >= 15 is 0 Å². The van der Waals surface area contributed by atoms with Crippen molar-refractivity contribution in [3.63, 3.8) is 0 Å². The van der Waals surface area contributed by atoms with E-state index in [1.54, 1.807) is 13.3 Å². The zero-order valence-corrected chi connectivity index (χ0v) is 22.1. The van der Waals surface area contributed by atoms with Gasteiger partial charge in [0.25, 0.3) is 0 Å². The summed E-state index contributed by atoms with van der Waals surface area (Å²) < 4.78 is 6.23. The van der Waals surface area contributed by atoms with Crippen molar-refractivity contribution in [3.05, 3.63) is 47.3 Å². The summed E-state index contributed by atoms with van der Waals surface area (Å²) in [6.07, 6.45) is 20.7. The number of piperidine rings is 1. The van der Waals surface area contributed by atoms with Gasteiger partial charge >= 0.3 is 6.02 Å². The Morgan fingerprint density at radius 1 is 1.19 bits per heavy atom. The molecule has 0 bridgehead atoms. The Bertz CT molecular complexity index is 948. The van der Waals surface area contributed by atoms with Gasteiger partial charge in [-0.3, -0.25) is 4.79 Å². The lowest BCUT2D eigenvalue weighted by molar-refractivity contribution is -0.125. The fourth-order valence-corrected chi connectivity index (χ4v) is 4.77. The number of aliphatic imine (C=N–C) groups is 1. The Balaban J connectivity index is 1.21. The van der Waals surface area contributed by atoms with Gasteiger partial charge in [-0.15, -0.1) is 0 Å². The molecule has 0 radical (unpaired) electrons. The van der Waals surface area contributed by atoms with Gasteiger partial charge in [-0.2, -0.15) is 0 Å². The third-order valence-electron chi connectivity index (χ3n) is 7.22. The van der Waals surface area contributed by atoms with Crippen LogP contribution in [0.1, 0.15) is 65.2 Å². The summed E-state index contributed by atoms with van der Waals surface area (Å²) in [4.78, 5) is 24.3. The molecular formula is C29H42N4O3. The minimum atomic E-state index is 0.129. The average molecular weight is 495 g/mol. The topological polar surface area (TPSA) is 75.5 Å². The molecule has 0 spiro atoms. The number of rotatable bonds is 8. The van der Waals surface area contributed by atoms with E-state index in [2.05, 4.69) is 64.6 Å². The molecule has 4 rings (SSSR count). The van der Waals surface area contributed by atoms with Crippen LogP contribution in [0, 0.1) is 17.8 Å². The Kier molecular flexibility index (Phi) is 9.42. The molecule has 196 valence electrons. The van der Waals surface area contributed by atoms with Crippen molar-refractivity contribution in [2.24, 2.45) is 27.9 Å². The average Bonchev–Trinajstić information content (AvgIpc) is 3.73. The van der Waals surface area contributed by atoms with Gasteiger partial charge in [0.15, 0.2) is 0 Å². The van der Waals surface area contributed by atoms with Crippen LogP contribution in [0.25, 0.3) is 0 Å². The Hall–Kier alpha value is -2.83. The molecule has 36 heavy (non-hydrogen) atoms. The Morgan fingerprint density at radius 3 is 2.67 bits per heavy atom. The molecule has 1 unspecified atom stereocenters. The summed E-state index contributed by atoms with van der Waals surface area (Å²) in [6, 6.07) is 1.03. The first kappa shape index (κ1) is 26.2. The summed E-state index contributed by atoms with van der Waals surface area (Å²) in [7, 11) is 1.75. The number of nitrogens with one attached hydrogen (secondary N) is 1. The number of amidine groups is 1. The highest BCUT2D eigenvalue weighted by molar-refractivity contribution is 5.79. The lowest BCUT2D eigenvalue weighted by Gasteiger charge is -2.32. The second-order valence-electron chi connectivity index (χ2n) is 10.7. The molecule has 0 aromatic carbocycles. The quantitative estimate of drug-likeness (QED) is 0.288. The maximum Gasteiger partial charge on any atom is 0.317 e. The number of hydrogen-bond donors (Lipinski definition) is 1. The molecule has 0 aromatic rings. The summed E-state index contributed by atoms with van der Waals surface area (Å²) in [5, 5.41) is 7.20. The van der Waals surface area contributed by atoms with E-state index < -0.39 is 0 Å². The maximum atomic E-state index is 12.3.